The molecule has 0 fully saturated rings. The van der Waals surface area contributed by atoms with Crippen LogP contribution in [0.3, 0.4) is 0 Å². The van der Waals surface area contributed by atoms with Crippen LogP contribution in [0.4, 0.5) is 17.1 Å². The summed E-state index contributed by atoms with van der Waals surface area (Å²) in [5, 5.41) is 2.49. The molecular formula is C60H40N2. The van der Waals surface area contributed by atoms with E-state index in [1.807, 2.05) is 12.1 Å². The van der Waals surface area contributed by atoms with Gasteiger partial charge in [0.05, 0.1) is 16.7 Å². The van der Waals surface area contributed by atoms with Gasteiger partial charge in [0.25, 0.3) is 0 Å². The van der Waals surface area contributed by atoms with E-state index in [0.29, 0.717) is 0 Å². The second-order valence-corrected chi connectivity index (χ2v) is 15.6. The summed E-state index contributed by atoms with van der Waals surface area (Å²) in [4.78, 5) is 2.42. The molecule has 0 amide bonds. The number of anilines is 3. The lowest BCUT2D eigenvalue weighted by molar-refractivity contribution is 1.18. The van der Waals surface area contributed by atoms with Crippen molar-refractivity contribution in [2.24, 2.45) is 0 Å². The van der Waals surface area contributed by atoms with Crippen LogP contribution in [0.15, 0.2) is 243 Å². The van der Waals surface area contributed by atoms with E-state index in [9.17, 15) is 0 Å². The quantitative estimate of drug-likeness (QED) is 0.141. The van der Waals surface area contributed by atoms with Crippen LogP contribution in [0, 0.1) is 12.1 Å². The van der Waals surface area contributed by atoms with Gasteiger partial charge >= 0.3 is 0 Å². The smallest absolute Gasteiger partial charge is 0.0547 e. The van der Waals surface area contributed by atoms with Crippen molar-refractivity contribution in [1.82, 2.24) is 4.57 Å². The Hall–Kier alpha value is -8.38. The molecular weight excluding hydrogens is 749 g/mol. The molecule has 0 saturated carbocycles. The van der Waals surface area contributed by atoms with Gasteiger partial charge in [-0.3, -0.25) is 0 Å². The molecule has 1 aromatic heterocycles. The molecule has 10 aromatic carbocycles. The lowest BCUT2D eigenvalue weighted by Gasteiger charge is -2.29. The summed E-state index contributed by atoms with van der Waals surface area (Å²) in [6.45, 7) is 0. The summed E-state index contributed by atoms with van der Waals surface area (Å²) < 4.78 is 2.39. The first-order valence-electron chi connectivity index (χ1n) is 21.1. The summed E-state index contributed by atoms with van der Waals surface area (Å²) in [6, 6.07) is 93.4. The van der Waals surface area contributed by atoms with Gasteiger partial charge in [-0.1, -0.05) is 170 Å². The molecule has 0 unspecified atom stereocenters. The van der Waals surface area contributed by atoms with Crippen LogP contribution in [0.1, 0.15) is 0 Å². The largest absolute Gasteiger partial charge is 0.310 e. The maximum atomic E-state index is 3.12. The monoisotopic (exact) mass is 788 g/mol. The van der Waals surface area contributed by atoms with E-state index in [0.717, 1.165) is 56.1 Å². The fourth-order valence-electron chi connectivity index (χ4n) is 8.97. The topological polar surface area (TPSA) is 8.17 Å². The average Bonchev–Trinajstić information content (AvgIpc) is 3.70. The lowest BCUT2D eigenvalue weighted by atomic mass is 9.94. The summed E-state index contributed by atoms with van der Waals surface area (Å²) >= 11 is 0. The Morgan fingerprint density at radius 3 is 1.60 bits per heavy atom. The molecule has 0 aliphatic carbocycles. The molecule has 0 N–H and O–H groups in total. The highest BCUT2D eigenvalue weighted by molar-refractivity contribution is 6.16. The predicted octanol–water partition coefficient (Wildman–Crippen LogP) is 16.2. The van der Waals surface area contributed by atoms with E-state index in [-0.39, 0.29) is 0 Å². The fraction of sp³-hybridized carbons (Fsp3) is 0. The minimum Gasteiger partial charge on any atom is -0.310 e. The van der Waals surface area contributed by atoms with Crippen molar-refractivity contribution in [1.29, 1.82) is 0 Å². The van der Waals surface area contributed by atoms with Crippen LogP contribution in [0.2, 0.25) is 0 Å². The third kappa shape index (κ3) is 6.79. The Bertz CT molecular complexity index is 3260. The lowest BCUT2D eigenvalue weighted by Crippen LogP contribution is -2.11. The number of para-hydroxylation sites is 3. The van der Waals surface area contributed by atoms with E-state index in [1.54, 1.807) is 0 Å². The van der Waals surface area contributed by atoms with Gasteiger partial charge in [-0.15, -0.1) is 0 Å². The summed E-state index contributed by atoms with van der Waals surface area (Å²) in [5.74, 6) is 0. The zero-order valence-electron chi connectivity index (χ0n) is 34.0. The van der Waals surface area contributed by atoms with Crippen LogP contribution in [0.5, 0.6) is 0 Å². The number of aromatic nitrogens is 1. The highest BCUT2D eigenvalue weighted by Gasteiger charge is 2.21. The first-order valence-corrected chi connectivity index (χ1v) is 21.1. The number of fused-ring (bicyclic) bond motifs is 3. The van der Waals surface area contributed by atoms with Crippen molar-refractivity contribution in [3.63, 3.8) is 0 Å². The van der Waals surface area contributed by atoms with Gasteiger partial charge in [0.1, 0.15) is 0 Å². The minimum absolute atomic E-state index is 1.06. The third-order valence-corrected chi connectivity index (χ3v) is 11.8. The Morgan fingerprint density at radius 1 is 0.339 bits per heavy atom. The predicted molar refractivity (Wildman–Crippen MR) is 260 cm³/mol. The molecule has 0 aliphatic rings. The molecule has 2 heteroatoms. The van der Waals surface area contributed by atoms with Gasteiger partial charge in [-0.05, 0) is 135 Å². The first kappa shape index (κ1) is 36.7. The summed E-state index contributed by atoms with van der Waals surface area (Å²) in [6.07, 6.45) is 0. The standard InChI is InChI=1S/C60H40N2/c1-5-19-43(20-6-1)46-35-37-52(38-36-46)61(53-41-49(44-21-7-2-8-22-44)40-50(42-53)45-23-9-3-10-24-45)57-32-15-13-29-54(57)47-25-17-26-48(39-47)55-31-18-34-59-60(55)56-30-14-16-33-58(56)62(59)51-27-11-4-12-28-51/h2-5,7-42H. The molecule has 0 spiro atoms. The first-order chi connectivity index (χ1) is 30.8. The maximum Gasteiger partial charge on any atom is 0.0547 e. The van der Waals surface area contributed by atoms with Gasteiger partial charge < -0.3 is 9.47 Å². The zero-order chi connectivity index (χ0) is 41.2. The maximum absolute atomic E-state index is 3.12. The van der Waals surface area contributed by atoms with Crippen LogP contribution in [-0.2, 0) is 0 Å². The summed E-state index contributed by atoms with van der Waals surface area (Å²) in [7, 11) is 0. The molecule has 0 atom stereocenters. The average molecular weight is 789 g/mol. The van der Waals surface area contributed by atoms with Gasteiger partial charge in [-0.2, -0.15) is 0 Å². The Kier molecular flexibility index (Phi) is 9.46. The van der Waals surface area contributed by atoms with Crippen molar-refractivity contribution in [2.45, 2.75) is 0 Å². The molecule has 11 rings (SSSR count). The normalized spacial score (nSPS) is 11.1. The van der Waals surface area contributed by atoms with Crippen molar-refractivity contribution < 1.29 is 0 Å². The van der Waals surface area contributed by atoms with Gasteiger partial charge in [0.2, 0.25) is 0 Å². The van der Waals surface area contributed by atoms with Crippen LogP contribution in [-0.4, -0.2) is 4.57 Å². The van der Waals surface area contributed by atoms with Crippen molar-refractivity contribution in [2.75, 3.05) is 4.90 Å². The highest BCUT2D eigenvalue weighted by Crippen LogP contribution is 2.45. The van der Waals surface area contributed by atoms with Crippen LogP contribution < -0.4 is 4.90 Å². The molecule has 0 radical (unpaired) electrons. The van der Waals surface area contributed by atoms with E-state index >= 15 is 0 Å². The van der Waals surface area contributed by atoms with Crippen molar-refractivity contribution in [3.05, 3.63) is 255 Å². The van der Waals surface area contributed by atoms with Gasteiger partial charge in [0, 0.05) is 33.4 Å². The van der Waals surface area contributed by atoms with E-state index < -0.39 is 0 Å². The molecule has 1 heterocycles. The second-order valence-electron chi connectivity index (χ2n) is 15.6. The SMILES string of the molecule is c1ccc(-c2ccc(N(c3cc(-c4ccccc4)cc(-c4ccccc4)c3)c3ccccc3-c3cccc(-c4cccc5c4c4ccccc4n5-c4ccccc4)c3)cc2)cc#1. The molecule has 62 heavy (non-hydrogen) atoms. The highest BCUT2D eigenvalue weighted by atomic mass is 15.1. The summed E-state index contributed by atoms with van der Waals surface area (Å²) in [5.41, 5.74) is 18.3. The Labute approximate surface area is 362 Å². The number of rotatable bonds is 9. The molecule has 0 aliphatic heterocycles. The number of hydrogen-bond donors (Lipinski definition) is 0. The number of hydrogen-bond acceptors (Lipinski definition) is 1. The second kappa shape index (κ2) is 16.0. The third-order valence-electron chi connectivity index (χ3n) is 11.8. The number of benzene rings is 9. The van der Waals surface area contributed by atoms with Crippen LogP contribution >= 0.6 is 0 Å². The van der Waals surface area contributed by atoms with E-state index in [2.05, 4.69) is 252 Å². The fourth-order valence-corrected chi connectivity index (χ4v) is 8.97. The minimum atomic E-state index is 1.06. The van der Waals surface area contributed by atoms with Gasteiger partial charge in [-0.25, -0.2) is 0 Å². The molecule has 0 bridgehead atoms. The molecule has 2 nitrogen and oxygen atoms in total. The van der Waals surface area contributed by atoms with Crippen molar-refractivity contribution >= 4 is 38.9 Å². The molecule has 11 aromatic rings. The number of nitrogens with zero attached hydrogens (tertiary/aromatic N) is 2. The van der Waals surface area contributed by atoms with Gasteiger partial charge in [0.15, 0.2) is 0 Å². The van der Waals surface area contributed by atoms with E-state index in [4.69, 9.17) is 0 Å². The Balaban J connectivity index is 1.10. The van der Waals surface area contributed by atoms with Crippen LogP contribution in [0.25, 0.3) is 83.1 Å². The zero-order valence-corrected chi connectivity index (χ0v) is 34.0. The Morgan fingerprint density at radius 2 is 0.887 bits per heavy atom. The van der Waals surface area contributed by atoms with E-state index in [1.165, 1.54) is 44.1 Å². The molecule has 0 saturated heterocycles. The molecule has 290 valence electrons. The van der Waals surface area contributed by atoms with Crippen molar-refractivity contribution in [3.8, 4) is 61.3 Å².